The molecule has 0 radical (unpaired) electrons. The van der Waals surface area contributed by atoms with Crippen LogP contribution in [-0.2, 0) is 13.2 Å². The summed E-state index contributed by atoms with van der Waals surface area (Å²) < 4.78 is 12.7. The van der Waals surface area contributed by atoms with Crippen molar-refractivity contribution >= 4 is 27.5 Å². The van der Waals surface area contributed by atoms with Crippen LogP contribution in [0, 0.1) is 0 Å². The van der Waals surface area contributed by atoms with E-state index in [4.69, 9.17) is 21.1 Å². The Kier molecular flexibility index (Phi) is 7.40. The molecule has 0 spiro atoms. The zero-order chi connectivity index (χ0) is 17.5. The summed E-state index contributed by atoms with van der Waals surface area (Å²) >= 11 is 9.81. The highest BCUT2D eigenvalue weighted by Gasteiger charge is 2.12. The van der Waals surface area contributed by atoms with Gasteiger partial charge in [0, 0.05) is 27.6 Å². The summed E-state index contributed by atoms with van der Waals surface area (Å²) in [5, 5.41) is 4.11. The van der Waals surface area contributed by atoms with Crippen molar-refractivity contribution in [2.24, 2.45) is 0 Å². The summed E-state index contributed by atoms with van der Waals surface area (Å²) in [6, 6.07) is 12.1. The van der Waals surface area contributed by atoms with Crippen LogP contribution in [-0.4, -0.2) is 12.6 Å². The van der Waals surface area contributed by atoms with Gasteiger partial charge in [0.15, 0.2) is 11.5 Å². The molecule has 0 saturated heterocycles. The Morgan fingerprint density at radius 3 is 2.46 bits per heavy atom. The molecule has 1 N–H and O–H groups in total. The molecular weight excluding hydrogens is 390 g/mol. The lowest BCUT2D eigenvalue weighted by molar-refractivity contribution is 0.269. The Balaban J connectivity index is 2.18. The van der Waals surface area contributed by atoms with Gasteiger partial charge in [0.25, 0.3) is 0 Å². The SMILES string of the molecule is CCOc1cc(CNC(C)C)c(Br)cc1OCc1ccccc1Cl. The van der Waals surface area contributed by atoms with Gasteiger partial charge in [-0.15, -0.1) is 0 Å². The summed E-state index contributed by atoms with van der Waals surface area (Å²) in [7, 11) is 0. The largest absolute Gasteiger partial charge is 0.490 e. The van der Waals surface area contributed by atoms with Gasteiger partial charge in [0.05, 0.1) is 6.61 Å². The molecule has 2 rings (SSSR count). The van der Waals surface area contributed by atoms with Crippen molar-refractivity contribution in [1.82, 2.24) is 5.32 Å². The van der Waals surface area contributed by atoms with Gasteiger partial charge in [-0.05, 0) is 30.7 Å². The molecule has 130 valence electrons. The van der Waals surface area contributed by atoms with Gasteiger partial charge in [0.2, 0.25) is 0 Å². The van der Waals surface area contributed by atoms with Crippen LogP contribution in [0.1, 0.15) is 31.9 Å². The molecule has 0 aliphatic rings. The Morgan fingerprint density at radius 1 is 1.08 bits per heavy atom. The number of hydrogen-bond acceptors (Lipinski definition) is 3. The Morgan fingerprint density at radius 2 is 1.79 bits per heavy atom. The molecule has 0 aliphatic carbocycles. The first kappa shape index (κ1) is 19.1. The van der Waals surface area contributed by atoms with Crippen molar-refractivity contribution in [3.8, 4) is 11.5 Å². The lowest BCUT2D eigenvalue weighted by atomic mass is 10.2. The van der Waals surface area contributed by atoms with Crippen LogP contribution < -0.4 is 14.8 Å². The first-order valence-electron chi connectivity index (χ1n) is 8.06. The molecule has 0 heterocycles. The van der Waals surface area contributed by atoms with Crippen molar-refractivity contribution in [3.05, 3.63) is 57.0 Å². The first-order chi connectivity index (χ1) is 11.5. The van der Waals surface area contributed by atoms with Gasteiger partial charge in [0.1, 0.15) is 6.61 Å². The van der Waals surface area contributed by atoms with E-state index in [0.29, 0.717) is 30.0 Å². The molecule has 0 aromatic heterocycles. The number of nitrogens with one attached hydrogen (secondary N) is 1. The van der Waals surface area contributed by atoms with Crippen molar-refractivity contribution in [3.63, 3.8) is 0 Å². The first-order valence-corrected chi connectivity index (χ1v) is 9.23. The molecule has 0 saturated carbocycles. The van der Waals surface area contributed by atoms with E-state index in [1.807, 2.05) is 43.3 Å². The molecule has 0 atom stereocenters. The number of benzene rings is 2. The maximum Gasteiger partial charge on any atom is 0.162 e. The van der Waals surface area contributed by atoms with E-state index in [2.05, 4.69) is 35.1 Å². The molecule has 5 heteroatoms. The summed E-state index contributed by atoms with van der Waals surface area (Å²) in [5.74, 6) is 1.45. The molecule has 3 nitrogen and oxygen atoms in total. The maximum absolute atomic E-state index is 6.19. The van der Waals surface area contributed by atoms with Crippen LogP contribution in [0.5, 0.6) is 11.5 Å². The lowest BCUT2D eigenvalue weighted by Crippen LogP contribution is -2.22. The summed E-state index contributed by atoms with van der Waals surface area (Å²) in [6.45, 7) is 7.96. The van der Waals surface area contributed by atoms with Crippen molar-refractivity contribution in [1.29, 1.82) is 0 Å². The standard InChI is InChI=1S/C19H23BrClNO2/c1-4-23-18-9-15(11-22-13(2)3)16(20)10-19(18)24-12-14-7-5-6-8-17(14)21/h5-10,13,22H,4,11-12H2,1-3H3. The van der Waals surface area contributed by atoms with E-state index < -0.39 is 0 Å². The quantitative estimate of drug-likeness (QED) is 0.614. The summed E-state index contributed by atoms with van der Waals surface area (Å²) in [4.78, 5) is 0. The minimum Gasteiger partial charge on any atom is -0.490 e. The van der Waals surface area contributed by atoms with Crippen molar-refractivity contribution < 1.29 is 9.47 Å². The second kappa shape index (κ2) is 9.30. The average Bonchev–Trinajstić information content (AvgIpc) is 2.55. The van der Waals surface area contributed by atoms with Crippen molar-refractivity contribution in [2.75, 3.05) is 6.61 Å². The molecule has 2 aromatic rings. The van der Waals surface area contributed by atoms with Gasteiger partial charge < -0.3 is 14.8 Å². The zero-order valence-electron chi connectivity index (χ0n) is 14.2. The fourth-order valence-electron chi connectivity index (χ4n) is 2.18. The normalized spacial score (nSPS) is 10.9. The fraction of sp³-hybridized carbons (Fsp3) is 0.368. The molecular formula is C19H23BrClNO2. The fourth-order valence-corrected chi connectivity index (χ4v) is 2.83. The van der Waals surface area contributed by atoms with Gasteiger partial charge in [-0.2, -0.15) is 0 Å². The van der Waals surface area contributed by atoms with E-state index in [1.54, 1.807) is 0 Å². The van der Waals surface area contributed by atoms with Gasteiger partial charge >= 0.3 is 0 Å². The van der Waals surface area contributed by atoms with Crippen LogP contribution in [0.15, 0.2) is 40.9 Å². The minimum atomic E-state index is 0.399. The number of halogens is 2. The third kappa shape index (κ3) is 5.40. The van der Waals surface area contributed by atoms with Crippen LogP contribution in [0.4, 0.5) is 0 Å². The Bertz CT molecular complexity index is 676. The van der Waals surface area contributed by atoms with Gasteiger partial charge in [-0.25, -0.2) is 0 Å². The lowest BCUT2D eigenvalue weighted by Gasteiger charge is -2.16. The summed E-state index contributed by atoms with van der Waals surface area (Å²) in [5.41, 5.74) is 2.08. The maximum atomic E-state index is 6.19. The molecule has 0 bridgehead atoms. The molecule has 0 fully saturated rings. The van der Waals surface area contributed by atoms with Crippen LogP contribution in [0.3, 0.4) is 0 Å². The summed E-state index contributed by atoms with van der Waals surface area (Å²) in [6.07, 6.45) is 0. The van der Waals surface area contributed by atoms with E-state index in [9.17, 15) is 0 Å². The monoisotopic (exact) mass is 411 g/mol. The van der Waals surface area contributed by atoms with E-state index in [1.165, 1.54) is 0 Å². The number of hydrogen-bond donors (Lipinski definition) is 1. The van der Waals surface area contributed by atoms with Gasteiger partial charge in [-0.3, -0.25) is 0 Å². The average molecular weight is 413 g/mol. The van der Waals surface area contributed by atoms with E-state index >= 15 is 0 Å². The second-order valence-corrected chi connectivity index (χ2v) is 7.00. The number of ether oxygens (including phenoxy) is 2. The smallest absolute Gasteiger partial charge is 0.162 e. The highest BCUT2D eigenvalue weighted by molar-refractivity contribution is 9.10. The molecule has 0 amide bonds. The zero-order valence-corrected chi connectivity index (χ0v) is 16.6. The topological polar surface area (TPSA) is 30.5 Å². The molecule has 0 aliphatic heterocycles. The predicted octanol–water partition coefficient (Wildman–Crippen LogP) is 5.58. The Labute approximate surface area is 157 Å². The Hall–Kier alpha value is -1.23. The third-order valence-electron chi connectivity index (χ3n) is 3.45. The van der Waals surface area contributed by atoms with Gasteiger partial charge in [-0.1, -0.05) is 59.6 Å². The van der Waals surface area contributed by atoms with Crippen LogP contribution in [0.25, 0.3) is 0 Å². The number of rotatable bonds is 8. The molecule has 0 unspecified atom stereocenters. The third-order valence-corrected chi connectivity index (χ3v) is 4.56. The minimum absolute atomic E-state index is 0.399. The predicted molar refractivity (Wildman–Crippen MR) is 103 cm³/mol. The van der Waals surface area contributed by atoms with E-state index in [0.717, 1.165) is 27.9 Å². The second-order valence-electron chi connectivity index (χ2n) is 5.74. The van der Waals surface area contributed by atoms with Crippen molar-refractivity contribution in [2.45, 2.75) is 40.0 Å². The molecule has 2 aromatic carbocycles. The van der Waals surface area contributed by atoms with E-state index in [-0.39, 0.29) is 0 Å². The highest BCUT2D eigenvalue weighted by atomic mass is 79.9. The molecule has 24 heavy (non-hydrogen) atoms. The highest BCUT2D eigenvalue weighted by Crippen LogP contribution is 2.34. The van der Waals surface area contributed by atoms with Crippen LogP contribution in [0.2, 0.25) is 5.02 Å². The van der Waals surface area contributed by atoms with Crippen LogP contribution >= 0.6 is 27.5 Å².